The van der Waals surface area contributed by atoms with E-state index in [1.807, 2.05) is 4.90 Å². The van der Waals surface area contributed by atoms with Gasteiger partial charge in [0.15, 0.2) is 0 Å². The van der Waals surface area contributed by atoms with Crippen molar-refractivity contribution in [3.63, 3.8) is 0 Å². The Balaban J connectivity index is 2.29. The number of rotatable bonds is 3. The molecule has 2 unspecified atom stereocenters. The van der Waals surface area contributed by atoms with E-state index in [0.717, 1.165) is 19.5 Å². The Morgan fingerprint density at radius 2 is 2.32 bits per heavy atom. The average molecular weight is 284 g/mol. The van der Waals surface area contributed by atoms with Crippen LogP contribution in [0.15, 0.2) is 18.2 Å². The van der Waals surface area contributed by atoms with Crippen LogP contribution in [-0.4, -0.2) is 24.6 Å². The molecular weight excluding hydrogens is 266 g/mol. The molecule has 1 aromatic carbocycles. The highest BCUT2D eigenvalue weighted by Gasteiger charge is 2.28. The van der Waals surface area contributed by atoms with E-state index in [1.165, 1.54) is 6.07 Å². The summed E-state index contributed by atoms with van der Waals surface area (Å²) in [5.74, 6) is 0.941. The third-order valence-corrected chi connectivity index (χ3v) is 4.13. The lowest BCUT2D eigenvalue weighted by molar-refractivity contribution is -0.384. The maximum absolute atomic E-state index is 11.1. The highest BCUT2D eigenvalue weighted by atomic mass is 35.5. The first-order valence-electron chi connectivity index (χ1n) is 6.42. The van der Waals surface area contributed by atoms with Gasteiger partial charge in [0, 0.05) is 24.2 Å². The molecule has 0 amide bonds. The van der Waals surface area contributed by atoms with Gasteiger partial charge in [-0.05, 0) is 36.9 Å². The number of halogens is 1. The Morgan fingerprint density at radius 1 is 1.58 bits per heavy atom. The highest BCUT2D eigenvalue weighted by Crippen LogP contribution is 2.34. The smallest absolute Gasteiger partial charge is 0.294 e. The third kappa shape index (κ3) is 2.98. The fourth-order valence-electron chi connectivity index (χ4n) is 2.59. The molecule has 104 valence electrons. The summed E-state index contributed by atoms with van der Waals surface area (Å²) in [6, 6.07) is 4.83. The molecule has 0 bridgehead atoms. The van der Waals surface area contributed by atoms with Gasteiger partial charge in [-0.2, -0.15) is 0 Å². The number of anilines is 1. The predicted octanol–water partition coefficient (Wildman–Crippen LogP) is 2.67. The number of piperidine rings is 1. The lowest BCUT2D eigenvalue weighted by Crippen LogP contribution is -2.42. The monoisotopic (exact) mass is 283 g/mol. The van der Waals surface area contributed by atoms with Crippen LogP contribution in [0.1, 0.15) is 13.3 Å². The van der Waals surface area contributed by atoms with Crippen molar-refractivity contribution in [2.45, 2.75) is 13.3 Å². The molecular formula is C13H18ClN3O2. The Labute approximate surface area is 117 Å². The molecule has 0 spiro atoms. The van der Waals surface area contributed by atoms with Crippen LogP contribution < -0.4 is 10.6 Å². The molecule has 1 aromatic rings. The van der Waals surface area contributed by atoms with Crippen molar-refractivity contribution < 1.29 is 4.92 Å². The molecule has 2 N–H and O–H groups in total. The van der Waals surface area contributed by atoms with E-state index in [2.05, 4.69) is 6.92 Å². The zero-order chi connectivity index (χ0) is 14.0. The first-order chi connectivity index (χ1) is 9.02. The number of nitro groups is 1. The van der Waals surface area contributed by atoms with Crippen LogP contribution in [0.2, 0.25) is 5.02 Å². The van der Waals surface area contributed by atoms with Gasteiger partial charge >= 0.3 is 0 Å². The van der Waals surface area contributed by atoms with Crippen molar-refractivity contribution in [3.05, 3.63) is 33.3 Å². The van der Waals surface area contributed by atoms with Crippen LogP contribution in [0.25, 0.3) is 0 Å². The Bertz CT molecular complexity index is 481. The summed E-state index contributed by atoms with van der Waals surface area (Å²) in [7, 11) is 0. The summed E-state index contributed by atoms with van der Waals surface area (Å²) in [6.07, 6.45) is 1.00. The second-order valence-electron chi connectivity index (χ2n) is 5.10. The minimum Gasteiger partial charge on any atom is -0.366 e. The molecule has 6 heteroatoms. The first-order valence-corrected chi connectivity index (χ1v) is 6.79. The summed E-state index contributed by atoms with van der Waals surface area (Å²) in [5.41, 5.74) is 6.48. The van der Waals surface area contributed by atoms with Gasteiger partial charge in [-0.1, -0.05) is 18.5 Å². The lowest BCUT2D eigenvalue weighted by atomic mass is 9.87. The van der Waals surface area contributed by atoms with E-state index < -0.39 is 0 Å². The second kappa shape index (κ2) is 5.75. The van der Waals surface area contributed by atoms with Crippen LogP contribution in [0.3, 0.4) is 0 Å². The van der Waals surface area contributed by atoms with Gasteiger partial charge in [0.1, 0.15) is 5.69 Å². The van der Waals surface area contributed by atoms with E-state index in [1.54, 1.807) is 12.1 Å². The second-order valence-corrected chi connectivity index (χ2v) is 5.53. The lowest BCUT2D eigenvalue weighted by Gasteiger charge is -2.37. The first kappa shape index (κ1) is 14.1. The third-order valence-electron chi connectivity index (χ3n) is 3.89. The topological polar surface area (TPSA) is 72.4 Å². The molecule has 1 aliphatic rings. The minimum atomic E-state index is -0.378. The zero-order valence-corrected chi connectivity index (χ0v) is 11.6. The summed E-state index contributed by atoms with van der Waals surface area (Å²) in [6.45, 7) is 4.38. The van der Waals surface area contributed by atoms with Crippen molar-refractivity contribution in [1.82, 2.24) is 0 Å². The van der Waals surface area contributed by atoms with Gasteiger partial charge in [-0.15, -0.1) is 0 Å². The highest BCUT2D eigenvalue weighted by molar-refractivity contribution is 6.30. The normalized spacial score (nSPS) is 23.4. The molecule has 19 heavy (non-hydrogen) atoms. The Kier molecular flexibility index (Phi) is 4.27. The zero-order valence-electron chi connectivity index (χ0n) is 10.9. The van der Waals surface area contributed by atoms with Gasteiger partial charge in [-0.25, -0.2) is 0 Å². The van der Waals surface area contributed by atoms with Crippen molar-refractivity contribution in [3.8, 4) is 0 Å². The number of nitrogens with two attached hydrogens (primary N) is 1. The summed E-state index contributed by atoms with van der Waals surface area (Å²) in [4.78, 5) is 12.8. The van der Waals surface area contributed by atoms with Crippen molar-refractivity contribution in [2.24, 2.45) is 17.6 Å². The van der Waals surface area contributed by atoms with Crippen LogP contribution in [0.4, 0.5) is 11.4 Å². The molecule has 2 rings (SSSR count). The Morgan fingerprint density at radius 3 is 2.95 bits per heavy atom. The molecule has 0 saturated carbocycles. The number of benzene rings is 1. The number of nitrogens with zero attached hydrogens (tertiary/aromatic N) is 2. The van der Waals surface area contributed by atoms with Crippen LogP contribution in [0, 0.1) is 22.0 Å². The van der Waals surface area contributed by atoms with E-state index in [4.69, 9.17) is 17.3 Å². The molecule has 1 heterocycles. The summed E-state index contributed by atoms with van der Waals surface area (Å²) < 4.78 is 0. The average Bonchev–Trinajstić information content (AvgIpc) is 2.39. The van der Waals surface area contributed by atoms with E-state index in [0.29, 0.717) is 29.1 Å². The maximum Gasteiger partial charge on any atom is 0.294 e. The molecule has 1 aliphatic heterocycles. The Hall–Kier alpha value is -1.33. The van der Waals surface area contributed by atoms with Gasteiger partial charge in [0.25, 0.3) is 5.69 Å². The SMILES string of the molecule is CC1CCN(c2ccc(Cl)cc2[N+](=O)[O-])CC1CN. The van der Waals surface area contributed by atoms with Crippen LogP contribution in [0.5, 0.6) is 0 Å². The van der Waals surface area contributed by atoms with Crippen LogP contribution in [-0.2, 0) is 0 Å². The number of hydrogen-bond donors (Lipinski definition) is 1. The molecule has 0 radical (unpaired) electrons. The van der Waals surface area contributed by atoms with Gasteiger partial charge in [0.05, 0.1) is 4.92 Å². The van der Waals surface area contributed by atoms with Crippen LogP contribution >= 0.6 is 11.6 Å². The largest absolute Gasteiger partial charge is 0.366 e. The number of nitro benzene ring substituents is 1. The summed E-state index contributed by atoms with van der Waals surface area (Å²) >= 11 is 5.84. The van der Waals surface area contributed by atoms with E-state index in [9.17, 15) is 10.1 Å². The van der Waals surface area contributed by atoms with Gasteiger partial charge < -0.3 is 10.6 Å². The molecule has 2 atom stereocenters. The summed E-state index contributed by atoms with van der Waals surface area (Å²) in [5, 5.41) is 11.5. The fourth-order valence-corrected chi connectivity index (χ4v) is 2.75. The minimum absolute atomic E-state index is 0.0674. The quantitative estimate of drug-likeness (QED) is 0.684. The molecule has 1 fully saturated rings. The van der Waals surface area contributed by atoms with E-state index in [-0.39, 0.29) is 10.6 Å². The predicted molar refractivity (Wildman–Crippen MR) is 76.6 cm³/mol. The molecule has 0 aromatic heterocycles. The van der Waals surface area contributed by atoms with Gasteiger partial charge in [-0.3, -0.25) is 10.1 Å². The standard InChI is InChI=1S/C13H18ClN3O2/c1-9-4-5-16(8-10(9)7-15)12-3-2-11(14)6-13(12)17(18)19/h2-3,6,9-10H,4-5,7-8,15H2,1H3. The molecule has 1 saturated heterocycles. The van der Waals surface area contributed by atoms with E-state index >= 15 is 0 Å². The van der Waals surface area contributed by atoms with Gasteiger partial charge in [0.2, 0.25) is 0 Å². The molecule has 5 nitrogen and oxygen atoms in total. The molecule has 0 aliphatic carbocycles. The number of hydrogen-bond acceptors (Lipinski definition) is 4. The maximum atomic E-state index is 11.1. The van der Waals surface area contributed by atoms with Crippen molar-refractivity contribution in [1.29, 1.82) is 0 Å². The fraction of sp³-hybridized carbons (Fsp3) is 0.538. The van der Waals surface area contributed by atoms with Crippen molar-refractivity contribution >= 4 is 23.0 Å². The van der Waals surface area contributed by atoms with Crippen molar-refractivity contribution in [2.75, 3.05) is 24.5 Å².